The van der Waals surface area contributed by atoms with Gasteiger partial charge in [0.05, 0.1) is 13.3 Å². The molecular weight excluding hydrogens is 274 g/mol. The van der Waals surface area contributed by atoms with E-state index in [0.29, 0.717) is 10.9 Å². The van der Waals surface area contributed by atoms with Crippen molar-refractivity contribution in [3.05, 3.63) is 41.6 Å². The minimum Gasteiger partial charge on any atom is -0.497 e. The summed E-state index contributed by atoms with van der Waals surface area (Å²) in [5.74, 6) is 2.11. The molecule has 0 saturated carbocycles. The van der Waals surface area contributed by atoms with Crippen molar-refractivity contribution in [3.63, 3.8) is 0 Å². The number of aromatic nitrogens is 1. The van der Waals surface area contributed by atoms with Crippen molar-refractivity contribution in [3.8, 4) is 5.75 Å². The van der Waals surface area contributed by atoms with Crippen molar-refractivity contribution in [2.45, 2.75) is 19.9 Å². The van der Waals surface area contributed by atoms with Crippen LogP contribution in [0.2, 0.25) is 0 Å². The van der Waals surface area contributed by atoms with Crippen molar-refractivity contribution in [2.24, 2.45) is 5.73 Å². The number of thiocarbonyl (C=S) groups is 1. The number of rotatable bonds is 5. The number of methoxy groups -OCH3 is 1. The molecule has 1 unspecified atom stereocenters. The van der Waals surface area contributed by atoms with Gasteiger partial charge in [-0.2, -0.15) is 0 Å². The highest BCUT2D eigenvalue weighted by Gasteiger charge is 2.14. The molecule has 106 valence electrons. The predicted molar refractivity (Wildman–Crippen MR) is 82.2 cm³/mol. The van der Waals surface area contributed by atoms with Crippen LogP contribution in [0.4, 0.5) is 5.69 Å². The minimum atomic E-state index is -0.107. The molecule has 0 spiro atoms. The maximum Gasteiger partial charge on any atom is 0.216 e. The van der Waals surface area contributed by atoms with Crippen LogP contribution in [0.15, 0.2) is 28.8 Å². The smallest absolute Gasteiger partial charge is 0.216 e. The first-order valence-corrected chi connectivity index (χ1v) is 6.58. The molecule has 0 aliphatic heterocycles. The Hall–Kier alpha value is -2.08. The molecule has 1 heterocycles. The van der Waals surface area contributed by atoms with Crippen molar-refractivity contribution in [1.29, 1.82) is 0 Å². The van der Waals surface area contributed by atoms with E-state index in [1.54, 1.807) is 13.3 Å². The number of nitrogens with zero attached hydrogens (tertiary/aromatic N) is 1. The van der Waals surface area contributed by atoms with Gasteiger partial charge in [-0.25, -0.2) is 4.98 Å². The van der Waals surface area contributed by atoms with E-state index in [9.17, 15) is 0 Å². The van der Waals surface area contributed by atoms with E-state index in [1.165, 1.54) is 0 Å². The number of aryl methyl sites for hydroxylation is 1. The molecule has 20 heavy (non-hydrogen) atoms. The van der Waals surface area contributed by atoms with E-state index in [1.807, 2.05) is 32.0 Å². The van der Waals surface area contributed by atoms with E-state index >= 15 is 0 Å². The predicted octanol–water partition coefficient (Wildman–Crippen LogP) is 2.80. The van der Waals surface area contributed by atoms with Gasteiger partial charge in [-0.05, 0) is 26.0 Å². The molecule has 5 nitrogen and oxygen atoms in total. The van der Waals surface area contributed by atoms with Gasteiger partial charge in [-0.1, -0.05) is 12.2 Å². The fourth-order valence-corrected chi connectivity index (χ4v) is 2.03. The lowest BCUT2D eigenvalue weighted by Crippen LogP contribution is -2.15. The zero-order valence-electron chi connectivity index (χ0n) is 11.6. The van der Waals surface area contributed by atoms with E-state index < -0.39 is 0 Å². The van der Waals surface area contributed by atoms with Crippen molar-refractivity contribution < 1.29 is 9.15 Å². The Labute approximate surface area is 123 Å². The van der Waals surface area contributed by atoms with Gasteiger partial charge in [0.1, 0.15) is 22.5 Å². The number of anilines is 1. The molecule has 1 aromatic heterocycles. The maximum absolute atomic E-state index is 5.74. The highest BCUT2D eigenvalue weighted by Crippen LogP contribution is 2.26. The summed E-state index contributed by atoms with van der Waals surface area (Å²) in [5, 5.41) is 3.29. The van der Waals surface area contributed by atoms with Crippen LogP contribution in [-0.4, -0.2) is 17.1 Å². The Morgan fingerprint density at radius 1 is 1.50 bits per heavy atom. The molecule has 0 amide bonds. The number of hydrogen-bond donors (Lipinski definition) is 2. The van der Waals surface area contributed by atoms with Crippen LogP contribution >= 0.6 is 12.2 Å². The van der Waals surface area contributed by atoms with Gasteiger partial charge in [0.25, 0.3) is 0 Å². The zero-order valence-corrected chi connectivity index (χ0v) is 12.5. The summed E-state index contributed by atoms with van der Waals surface area (Å²) in [5.41, 5.74) is 7.29. The first-order chi connectivity index (χ1) is 9.51. The molecule has 0 fully saturated rings. The molecule has 2 rings (SSSR count). The molecule has 0 bridgehead atoms. The van der Waals surface area contributed by atoms with Gasteiger partial charge >= 0.3 is 0 Å². The Balaban J connectivity index is 2.29. The summed E-state index contributed by atoms with van der Waals surface area (Å²) in [6, 6.07) is 5.39. The van der Waals surface area contributed by atoms with E-state index in [4.69, 9.17) is 27.1 Å². The summed E-state index contributed by atoms with van der Waals surface area (Å²) >= 11 is 5.06. The SMILES string of the molecule is COc1ccc(C(N)=S)c(NC(C)c2ncc(C)o2)c1. The quantitative estimate of drug-likeness (QED) is 0.825. The lowest BCUT2D eigenvalue weighted by molar-refractivity contribution is 0.414. The largest absolute Gasteiger partial charge is 0.497 e. The average Bonchev–Trinajstić information content (AvgIpc) is 2.85. The van der Waals surface area contributed by atoms with Gasteiger partial charge in [0.2, 0.25) is 5.89 Å². The lowest BCUT2D eigenvalue weighted by Gasteiger charge is -2.16. The van der Waals surface area contributed by atoms with Crippen LogP contribution in [0, 0.1) is 6.92 Å². The fraction of sp³-hybridized carbons (Fsp3) is 0.286. The molecule has 0 aliphatic carbocycles. The summed E-state index contributed by atoms with van der Waals surface area (Å²) in [7, 11) is 1.61. The van der Waals surface area contributed by atoms with Crippen LogP contribution in [0.25, 0.3) is 0 Å². The number of ether oxygens (including phenoxy) is 1. The summed E-state index contributed by atoms with van der Waals surface area (Å²) < 4.78 is 10.7. The normalized spacial score (nSPS) is 11.9. The highest BCUT2D eigenvalue weighted by molar-refractivity contribution is 7.80. The monoisotopic (exact) mass is 291 g/mol. The molecule has 0 saturated heterocycles. The Kier molecular flexibility index (Phi) is 4.24. The third-order valence-corrected chi connectivity index (χ3v) is 3.09. The Morgan fingerprint density at radius 3 is 2.80 bits per heavy atom. The van der Waals surface area contributed by atoms with Crippen molar-refractivity contribution in [2.75, 3.05) is 12.4 Å². The summed E-state index contributed by atoms with van der Waals surface area (Å²) in [6.07, 6.45) is 1.69. The second-order valence-corrected chi connectivity index (χ2v) is 4.89. The summed E-state index contributed by atoms with van der Waals surface area (Å²) in [6.45, 7) is 3.81. The van der Waals surface area contributed by atoms with Crippen LogP contribution < -0.4 is 15.8 Å². The number of nitrogens with two attached hydrogens (primary N) is 1. The second-order valence-electron chi connectivity index (χ2n) is 4.45. The van der Waals surface area contributed by atoms with Crippen LogP contribution in [0.1, 0.15) is 30.2 Å². The number of benzene rings is 1. The van der Waals surface area contributed by atoms with Gasteiger partial charge in [-0.15, -0.1) is 0 Å². The third-order valence-electron chi connectivity index (χ3n) is 2.87. The highest BCUT2D eigenvalue weighted by atomic mass is 32.1. The van der Waals surface area contributed by atoms with E-state index in [0.717, 1.165) is 22.8 Å². The zero-order chi connectivity index (χ0) is 14.7. The van der Waals surface area contributed by atoms with Crippen LogP contribution in [-0.2, 0) is 0 Å². The number of oxazole rings is 1. The number of nitrogens with one attached hydrogen (secondary N) is 1. The average molecular weight is 291 g/mol. The standard InChI is InChI=1S/C14H17N3O2S/c1-8-7-16-14(19-8)9(2)17-12-6-10(18-3)4-5-11(12)13(15)20/h4-7,9,17H,1-3H3,(H2,15,20). The fourth-order valence-electron chi connectivity index (χ4n) is 1.85. The number of hydrogen-bond acceptors (Lipinski definition) is 5. The molecule has 1 atom stereocenters. The minimum absolute atomic E-state index is 0.107. The Bertz CT molecular complexity index is 625. The van der Waals surface area contributed by atoms with Crippen LogP contribution in [0.3, 0.4) is 0 Å². The van der Waals surface area contributed by atoms with E-state index in [2.05, 4.69) is 10.3 Å². The third kappa shape index (κ3) is 3.08. The molecule has 0 radical (unpaired) electrons. The molecule has 1 aromatic carbocycles. The van der Waals surface area contributed by atoms with Crippen LogP contribution in [0.5, 0.6) is 5.75 Å². The first kappa shape index (κ1) is 14.3. The summed E-state index contributed by atoms with van der Waals surface area (Å²) in [4.78, 5) is 4.53. The molecule has 6 heteroatoms. The second kappa shape index (κ2) is 5.92. The van der Waals surface area contributed by atoms with Gasteiger partial charge in [-0.3, -0.25) is 0 Å². The Morgan fingerprint density at radius 2 is 2.25 bits per heavy atom. The van der Waals surface area contributed by atoms with E-state index in [-0.39, 0.29) is 6.04 Å². The maximum atomic E-state index is 5.74. The lowest BCUT2D eigenvalue weighted by atomic mass is 10.1. The van der Waals surface area contributed by atoms with Gasteiger partial charge in [0.15, 0.2) is 0 Å². The van der Waals surface area contributed by atoms with Gasteiger partial charge < -0.3 is 20.2 Å². The molecule has 0 aliphatic rings. The molecular formula is C14H17N3O2S. The van der Waals surface area contributed by atoms with Crippen molar-refractivity contribution in [1.82, 2.24) is 4.98 Å². The first-order valence-electron chi connectivity index (χ1n) is 6.18. The van der Waals surface area contributed by atoms with Crippen molar-refractivity contribution >= 4 is 22.9 Å². The topological polar surface area (TPSA) is 73.3 Å². The van der Waals surface area contributed by atoms with Gasteiger partial charge in [0, 0.05) is 17.3 Å². The molecule has 2 aromatic rings. The molecule has 3 N–H and O–H groups in total.